The molecule has 0 unspecified atom stereocenters. The maximum atomic E-state index is 11.1. The van der Waals surface area contributed by atoms with E-state index in [1.165, 1.54) is 7.11 Å². The second kappa shape index (κ2) is 6.19. The predicted molar refractivity (Wildman–Crippen MR) is 55.7 cm³/mol. The number of methoxy groups -OCH3 is 2. The van der Waals surface area contributed by atoms with Gasteiger partial charge in [-0.2, -0.15) is 0 Å². The lowest BCUT2D eigenvalue weighted by Gasteiger charge is -2.05. The summed E-state index contributed by atoms with van der Waals surface area (Å²) in [4.78, 5) is 11.1. The van der Waals surface area contributed by atoms with E-state index in [1.807, 2.05) is 0 Å². The third-order valence-electron chi connectivity index (χ3n) is 2.07. The predicted octanol–water partition coefficient (Wildman–Crippen LogP) is -0.440. The van der Waals surface area contributed by atoms with Gasteiger partial charge in [0, 0.05) is 27.4 Å². The third-order valence-corrected chi connectivity index (χ3v) is 2.07. The van der Waals surface area contributed by atoms with Crippen molar-refractivity contribution in [2.45, 2.75) is 19.6 Å². The van der Waals surface area contributed by atoms with Crippen LogP contribution in [0.15, 0.2) is 0 Å². The van der Waals surface area contributed by atoms with Crippen LogP contribution >= 0.6 is 0 Å². The molecular weight excluding hydrogens is 212 g/mol. The highest BCUT2D eigenvalue weighted by atomic mass is 16.5. The summed E-state index contributed by atoms with van der Waals surface area (Å²) in [6.45, 7) is 1.50. The van der Waals surface area contributed by atoms with E-state index in [4.69, 9.17) is 15.2 Å². The smallest absolute Gasteiger partial charge is 0.271 e. The molecular formula is C9H16N4O3. The lowest BCUT2D eigenvalue weighted by atomic mass is 10.3. The highest BCUT2D eigenvalue weighted by Crippen LogP contribution is 2.07. The summed E-state index contributed by atoms with van der Waals surface area (Å²) in [6.07, 6.45) is 0.786. The van der Waals surface area contributed by atoms with E-state index in [0.717, 1.165) is 6.42 Å². The lowest BCUT2D eigenvalue weighted by molar-refractivity contribution is 0.0989. The normalized spacial score (nSPS) is 10.6. The minimum absolute atomic E-state index is 0.166. The van der Waals surface area contributed by atoms with Crippen LogP contribution in [-0.4, -0.2) is 41.7 Å². The fourth-order valence-corrected chi connectivity index (χ4v) is 1.34. The van der Waals surface area contributed by atoms with Crippen LogP contribution in [0.4, 0.5) is 0 Å². The molecule has 1 aromatic rings. The molecule has 0 spiro atoms. The van der Waals surface area contributed by atoms with Crippen LogP contribution < -0.4 is 5.73 Å². The number of aryl methyl sites for hydroxylation is 1. The van der Waals surface area contributed by atoms with Gasteiger partial charge in [-0.15, -0.1) is 5.10 Å². The molecule has 7 heteroatoms. The summed E-state index contributed by atoms with van der Waals surface area (Å²) >= 11 is 0. The number of ether oxygens (including phenoxy) is 2. The number of amides is 1. The molecule has 0 bridgehead atoms. The minimum Gasteiger partial charge on any atom is -0.385 e. The van der Waals surface area contributed by atoms with Crippen molar-refractivity contribution in [2.24, 2.45) is 5.73 Å². The van der Waals surface area contributed by atoms with Crippen molar-refractivity contribution < 1.29 is 14.3 Å². The highest BCUT2D eigenvalue weighted by molar-refractivity contribution is 5.91. The highest BCUT2D eigenvalue weighted by Gasteiger charge is 2.16. The number of hydrogen-bond donors (Lipinski definition) is 1. The Labute approximate surface area is 93.5 Å². The van der Waals surface area contributed by atoms with Crippen LogP contribution in [0.25, 0.3) is 0 Å². The van der Waals surface area contributed by atoms with E-state index >= 15 is 0 Å². The topological polar surface area (TPSA) is 92.3 Å². The molecule has 16 heavy (non-hydrogen) atoms. The molecule has 0 saturated carbocycles. The fourth-order valence-electron chi connectivity index (χ4n) is 1.34. The molecule has 0 radical (unpaired) electrons. The van der Waals surface area contributed by atoms with E-state index in [0.29, 0.717) is 18.8 Å². The Morgan fingerprint density at radius 2 is 2.19 bits per heavy atom. The van der Waals surface area contributed by atoms with E-state index in [2.05, 4.69) is 10.3 Å². The summed E-state index contributed by atoms with van der Waals surface area (Å²) in [7, 11) is 3.17. The number of carbonyl (C=O) groups is 1. The molecule has 0 aliphatic carbocycles. The molecule has 0 fully saturated rings. The van der Waals surface area contributed by atoms with Crippen molar-refractivity contribution in [3.05, 3.63) is 11.4 Å². The van der Waals surface area contributed by atoms with Gasteiger partial charge in [-0.3, -0.25) is 4.79 Å². The summed E-state index contributed by atoms with van der Waals surface area (Å²) < 4.78 is 11.5. The van der Waals surface area contributed by atoms with Gasteiger partial charge in [0.15, 0.2) is 5.69 Å². The van der Waals surface area contributed by atoms with Crippen molar-refractivity contribution in [1.82, 2.24) is 15.0 Å². The molecule has 1 heterocycles. The van der Waals surface area contributed by atoms with Gasteiger partial charge in [-0.1, -0.05) is 5.21 Å². The second-order valence-corrected chi connectivity index (χ2v) is 3.25. The standard InChI is InChI=1S/C9H16N4O3/c1-15-5-3-4-13-7(6-16-2)8(9(10)14)11-12-13/h3-6H2,1-2H3,(H2,10,14). The van der Waals surface area contributed by atoms with Crippen molar-refractivity contribution in [3.8, 4) is 0 Å². The van der Waals surface area contributed by atoms with E-state index in [1.54, 1.807) is 11.8 Å². The van der Waals surface area contributed by atoms with Crippen LogP contribution in [0, 0.1) is 0 Å². The monoisotopic (exact) mass is 228 g/mol. The quantitative estimate of drug-likeness (QED) is 0.639. The number of nitrogens with zero attached hydrogens (tertiary/aromatic N) is 3. The lowest BCUT2D eigenvalue weighted by Crippen LogP contribution is -2.16. The first-order valence-electron chi connectivity index (χ1n) is 4.90. The molecule has 2 N–H and O–H groups in total. The SMILES string of the molecule is COCCCn1nnc(C(N)=O)c1COC. The summed E-state index contributed by atoms with van der Waals surface area (Å²) in [6, 6.07) is 0. The van der Waals surface area contributed by atoms with Crippen LogP contribution in [-0.2, 0) is 22.6 Å². The van der Waals surface area contributed by atoms with E-state index in [9.17, 15) is 4.79 Å². The van der Waals surface area contributed by atoms with E-state index in [-0.39, 0.29) is 12.3 Å². The molecule has 90 valence electrons. The van der Waals surface area contributed by atoms with Gasteiger partial charge < -0.3 is 15.2 Å². The van der Waals surface area contributed by atoms with Crippen LogP contribution in [0.5, 0.6) is 0 Å². The van der Waals surface area contributed by atoms with Crippen LogP contribution in [0.3, 0.4) is 0 Å². The molecule has 1 rings (SSSR count). The molecule has 1 amide bonds. The zero-order valence-corrected chi connectivity index (χ0v) is 9.47. The fraction of sp³-hybridized carbons (Fsp3) is 0.667. The molecule has 1 aromatic heterocycles. The summed E-state index contributed by atoms with van der Waals surface area (Å²) in [5.74, 6) is -0.593. The summed E-state index contributed by atoms with van der Waals surface area (Å²) in [5, 5.41) is 7.59. The Hall–Kier alpha value is -1.47. The second-order valence-electron chi connectivity index (χ2n) is 3.25. The maximum Gasteiger partial charge on any atom is 0.271 e. The summed E-state index contributed by atoms with van der Waals surface area (Å²) in [5.41, 5.74) is 5.95. The number of nitrogens with two attached hydrogens (primary N) is 1. The van der Waals surface area contributed by atoms with Crippen molar-refractivity contribution in [1.29, 1.82) is 0 Å². The number of hydrogen-bond acceptors (Lipinski definition) is 5. The van der Waals surface area contributed by atoms with Gasteiger partial charge in [-0.05, 0) is 6.42 Å². The molecule has 0 aliphatic heterocycles. The Morgan fingerprint density at radius 3 is 2.75 bits per heavy atom. The zero-order valence-electron chi connectivity index (χ0n) is 9.47. The van der Waals surface area contributed by atoms with E-state index < -0.39 is 5.91 Å². The number of rotatable bonds is 7. The Balaban J connectivity index is 2.78. The van der Waals surface area contributed by atoms with Gasteiger partial charge >= 0.3 is 0 Å². The first-order valence-corrected chi connectivity index (χ1v) is 4.90. The van der Waals surface area contributed by atoms with Gasteiger partial charge in [0.1, 0.15) is 0 Å². The van der Waals surface area contributed by atoms with Crippen LogP contribution in [0.1, 0.15) is 22.6 Å². The van der Waals surface area contributed by atoms with Gasteiger partial charge in [0.05, 0.1) is 12.3 Å². The minimum atomic E-state index is -0.593. The van der Waals surface area contributed by atoms with Crippen LogP contribution in [0.2, 0.25) is 0 Å². The molecule has 7 nitrogen and oxygen atoms in total. The first kappa shape index (κ1) is 12.6. The largest absolute Gasteiger partial charge is 0.385 e. The van der Waals surface area contributed by atoms with Gasteiger partial charge in [0.25, 0.3) is 5.91 Å². The average Bonchev–Trinajstić information content (AvgIpc) is 2.63. The van der Waals surface area contributed by atoms with Crippen molar-refractivity contribution in [2.75, 3.05) is 20.8 Å². The Kier molecular flexibility index (Phi) is 4.87. The Bertz CT molecular complexity index is 351. The Morgan fingerprint density at radius 1 is 1.44 bits per heavy atom. The molecule has 0 aliphatic rings. The molecule has 0 atom stereocenters. The van der Waals surface area contributed by atoms with Crippen molar-refractivity contribution >= 4 is 5.91 Å². The third kappa shape index (κ3) is 3.01. The number of primary amides is 1. The zero-order chi connectivity index (χ0) is 12.0. The molecule has 0 saturated heterocycles. The first-order chi connectivity index (χ1) is 7.70. The molecule has 0 aromatic carbocycles. The van der Waals surface area contributed by atoms with Gasteiger partial charge in [-0.25, -0.2) is 4.68 Å². The van der Waals surface area contributed by atoms with Crippen molar-refractivity contribution in [3.63, 3.8) is 0 Å². The van der Waals surface area contributed by atoms with Gasteiger partial charge in [0.2, 0.25) is 0 Å². The average molecular weight is 228 g/mol. The maximum absolute atomic E-state index is 11.1. The number of aromatic nitrogens is 3. The number of carbonyl (C=O) groups excluding carboxylic acids is 1.